The van der Waals surface area contributed by atoms with Crippen molar-refractivity contribution >= 4 is 0 Å². The monoisotopic (exact) mass is 174 g/mol. The maximum absolute atomic E-state index is 9.14. The number of hydrogen-bond donors (Lipinski definition) is 1. The van der Waals surface area contributed by atoms with Crippen LogP contribution in [0.1, 0.15) is 26.7 Å². The Morgan fingerprint density at radius 1 is 1.08 bits per heavy atom. The Labute approximate surface area is 75.9 Å². The lowest BCUT2D eigenvalue weighted by atomic mass is 10.3. The van der Waals surface area contributed by atoms with E-state index in [4.69, 9.17) is 5.21 Å². The van der Waals surface area contributed by atoms with E-state index in [0.717, 1.165) is 19.6 Å². The molecule has 0 fully saturated rings. The predicted octanol–water partition coefficient (Wildman–Crippen LogP) is 1.43. The molecule has 12 heavy (non-hydrogen) atoms. The molecule has 0 radical (unpaired) electrons. The zero-order valence-corrected chi connectivity index (χ0v) is 8.58. The fourth-order valence-corrected chi connectivity index (χ4v) is 0.984. The van der Waals surface area contributed by atoms with Crippen LogP contribution in [0.5, 0.6) is 0 Å². The van der Waals surface area contributed by atoms with Gasteiger partial charge in [-0.3, -0.25) is 0 Å². The van der Waals surface area contributed by atoms with E-state index in [9.17, 15) is 0 Å². The highest BCUT2D eigenvalue weighted by atomic mass is 16.5. The van der Waals surface area contributed by atoms with Gasteiger partial charge in [0.05, 0.1) is 0 Å². The Kier molecular flexibility index (Phi) is 7.45. The molecule has 0 saturated heterocycles. The summed E-state index contributed by atoms with van der Waals surface area (Å²) in [6.07, 6.45) is 2.48. The van der Waals surface area contributed by atoms with Crippen LogP contribution in [0.25, 0.3) is 0 Å². The van der Waals surface area contributed by atoms with Crippen molar-refractivity contribution in [3.05, 3.63) is 0 Å². The molecule has 3 heteroatoms. The van der Waals surface area contributed by atoms with E-state index < -0.39 is 0 Å². The summed E-state index contributed by atoms with van der Waals surface area (Å²) in [6.45, 7) is 7.68. The van der Waals surface area contributed by atoms with Gasteiger partial charge < -0.3 is 10.1 Å². The van der Waals surface area contributed by atoms with Gasteiger partial charge in [-0.15, -0.1) is 0 Å². The van der Waals surface area contributed by atoms with Gasteiger partial charge in [-0.25, -0.2) is 0 Å². The van der Waals surface area contributed by atoms with Gasteiger partial charge in [-0.05, 0) is 20.0 Å². The molecule has 0 aliphatic rings. The molecule has 0 bridgehead atoms. The van der Waals surface area contributed by atoms with Crippen LogP contribution in [0, 0.1) is 0 Å². The number of hydrogen-bond acceptors (Lipinski definition) is 3. The van der Waals surface area contributed by atoms with Gasteiger partial charge in [-0.2, -0.15) is 5.06 Å². The Morgan fingerprint density at radius 2 is 1.75 bits per heavy atom. The number of nitrogens with zero attached hydrogens (tertiary/aromatic N) is 2. The van der Waals surface area contributed by atoms with E-state index in [1.54, 1.807) is 0 Å². The second-order valence-electron chi connectivity index (χ2n) is 3.20. The summed E-state index contributed by atoms with van der Waals surface area (Å²) in [7, 11) is 2.10. The molecule has 74 valence electrons. The molecule has 0 heterocycles. The van der Waals surface area contributed by atoms with Crippen LogP contribution in [-0.4, -0.2) is 48.4 Å². The molecule has 1 N–H and O–H groups in total. The molecule has 0 aromatic heterocycles. The van der Waals surface area contributed by atoms with Crippen LogP contribution in [-0.2, 0) is 0 Å². The minimum atomic E-state index is 0.710. The van der Waals surface area contributed by atoms with Crippen LogP contribution in [0.15, 0.2) is 0 Å². The Bertz CT molecular complexity index is 98.5. The van der Waals surface area contributed by atoms with Crippen LogP contribution in [0.2, 0.25) is 0 Å². The lowest BCUT2D eigenvalue weighted by molar-refractivity contribution is -0.0893. The molecular weight excluding hydrogens is 152 g/mol. The summed E-state index contributed by atoms with van der Waals surface area (Å²) in [5.41, 5.74) is 0. The first-order valence-electron chi connectivity index (χ1n) is 4.83. The van der Waals surface area contributed by atoms with Gasteiger partial charge >= 0.3 is 0 Å². The smallest absolute Gasteiger partial charge is 0.0365 e. The summed E-state index contributed by atoms with van der Waals surface area (Å²) < 4.78 is 0. The third-order valence-electron chi connectivity index (χ3n) is 2.00. The number of hydroxylamine groups is 2. The molecule has 0 aliphatic heterocycles. The fourth-order valence-electron chi connectivity index (χ4n) is 0.984. The summed E-state index contributed by atoms with van der Waals surface area (Å²) in [6, 6.07) is 0. The first-order chi connectivity index (χ1) is 5.70. The third-order valence-corrected chi connectivity index (χ3v) is 2.00. The van der Waals surface area contributed by atoms with E-state index >= 15 is 0 Å². The topological polar surface area (TPSA) is 26.7 Å². The van der Waals surface area contributed by atoms with Crippen molar-refractivity contribution in [2.75, 3.05) is 33.2 Å². The number of rotatable bonds is 7. The average molecular weight is 174 g/mol. The minimum Gasteiger partial charge on any atom is -0.314 e. The highest BCUT2D eigenvalue weighted by Gasteiger charge is 2.00. The maximum Gasteiger partial charge on any atom is 0.0365 e. The van der Waals surface area contributed by atoms with Gasteiger partial charge in [0.15, 0.2) is 0 Å². The molecule has 0 unspecified atom stereocenters. The Balaban J connectivity index is 3.24. The molecule has 0 aromatic rings. The van der Waals surface area contributed by atoms with Crippen molar-refractivity contribution in [2.24, 2.45) is 0 Å². The summed E-state index contributed by atoms with van der Waals surface area (Å²) in [5.74, 6) is 0. The zero-order chi connectivity index (χ0) is 9.40. The van der Waals surface area contributed by atoms with Gasteiger partial charge in [-0.1, -0.05) is 20.3 Å². The second-order valence-corrected chi connectivity index (χ2v) is 3.20. The molecule has 0 amide bonds. The Hall–Kier alpha value is -0.120. The number of likely N-dealkylation sites (N-methyl/N-ethyl adjacent to an activating group) is 2. The largest absolute Gasteiger partial charge is 0.314 e. The quantitative estimate of drug-likeness (QED) is 0.591. The van der Waals surface area contributed by atoms with Gasteiger partial charge in [0.1, 0.15) is 0 Å². The van der Waals surface area contributed by atoms with E-state index in [1.165, 1.54) is 17.9 Å². The van der Waals surface area contributed by atoms with Crippen molar-refractivity contribution in [2.45, 2.75) is 26.7 Å². The summed E-state index contributed by atoms with van der Waals surface area (Å²) >= 11 is 0. The van der Waals surface area contributed by atoms with Crippen LogP contribution < -0.4 is 0 Å². The minimum absolute atomic E-state index is 0.710. The van der Waals surface area contributed by atoms with E-state index in [-0.39, 0.29) is 0 Å². The summed E-state index contributed by atoms with van der Waals surface area (Å²) in [5, 5.41) is 10.5. The standard InChI is InChI=1S/C9H22N2O/c1-4-6-7-10(3)8-9-11(12)5-2/h12H,4-9H2,1-3H3. The maximum atomic E-state index is 9.14. The van der Waals surface area contributed by atoms with Crippen LogP contribution >= 0.6 is 0 Å². The molecule has 0 spiro atoms. The van der Waals surface area contributed by atoms with Crippen molar-refractivity contribution in [1.29, 1.82) is 0 Å². The van der Waals surface area contributed by atoms with Crippen molar-refractivity contribution in [3.63, 3.8) is 0 Å². The zero-order valence-electron chi connectivity index (χ0n) is 8.58. The highest BCUT2D eigenvalue weighted by molar-refractivity contribution is 4.52. The van der Waals surface area contributed by atoms with Gasteiger partial charge in [0.25, 0.3) is 0 Å². The number of unbranched alkanes of at least 4 members (excludes halogenated alkanes) is 1. The molecule has 0 aliphatic carbocycles. The van der Waals surface area contributed by atoms with Gasteiger partial charge in [0.2, 0.25) is 0 Å². The molecule has 0 atom stereocenters. The first kappa shape index (κ1) is 11.9. The Morgan fingerprint density at radius 3 is 2.25 bits per heavy atom. The predicted molar refractivity (Wildman–Crippen MR) is 51.4 cm³/mol. The fraction of sp³-hybridized carbons (Fsp3) is 1.00. The van der Waals surface area contributed by atoms with Crippen LogP contribution in [0.4, 0.5) is 0 Å². The van der Waals surface area contributed by atoms with E-state index in [0.29, 0.717) is 6.54 Å². The van der Waals surface area contributed by atoms with Crippen molar-refractivity contribution in [1.82, 2.24) is 9.96 Å². The molecule has 0 aromatic carbocycles. The molecule has 0 saturated carbocycles. The molecule has 0 rings (SSSR count). The lowest BCUT2D eigenvalue weighted by Crippen LogP contribution is -2.31. The lowest BCUT2D eigenvalue weighted by Gasteiger charge is -2.19. The molecule has 3 nitrogen and oxygen atoms in total. The average Bonchev–Trinajstić information content (AvgIpc) is 2.10. The van der Waals surface area contributed by atoms with Crippen molar-refractivity contribution in [3.8, 4) is 0 Å². The SMILES string of the molecule is CCCCN(C)CCN(O)CC. The first-order valence-corrected chi connectivity index (χ1v) is 4.83. The molecular formula is C9H22N2O. The van der Waals surface area contributed by atoms with E-state index in [2.05, 4.69) is 18.9 Å². The van der Waals surface area contributed by atoms with Crippen LogP contribution in [0.3, 0.4) is 0 Å². The van der Waals surface area contributed by atoms with Gasteiger partial charge in [0, 0.05) is 19.6 Å². The highest BCUT2D eigenvalue weighted by Crippen LogP contribution is 1.91. The normalized spacial score (nSPS) is 11.5. The second kappa shape index (κ2) is 7.53. The van der Waals surface area contributed by atoms with Crippen molar-refractivity contribution < 1.29 is 5.21 Å². The van der Waals surface area contributed by atoms with E-state index in [1.807, 2.05) is 6.92 Å². The third kappa shape index (κ3) is 6.58. The summed E-state index contributed by atoms with van der Waals surface area (Å²) in [4.78, 5) is 2.25.